The lowest BCUT2D eigenvalue weighted by Crippen LogP contribution is -2.29. The minimum absolute atomic E-state index is 0.246. The molecule has 1 aliphatic rings. The van der Waals surface area contributed by atoms with Crippen LogP contribution in [0.4, 0.5) is 5.69 Å². The molecule has 27 heavy (non-hydrogen) atoms. The van der Waals surface area contributed by atoms with E-state index in [4.69, 9.17) is 0 Å². The number of hydrazone groups is 1. The number of carbonyl (C=O) groups is 1. The maximum Gasteiger partial charge on any atom is 0.271 e. The van der Waals surface area contributed by atoms with E-state index >= 15 is 0 Å². The summed E-state index contributed by atoms with van der Waals surface area (Å²) in [6.45, 7) is 4.27. The molecule has 1 heterocycles. The van der Waals surface area contributed by atoms with Crippen molar-refractivity contribution in [2.75, 3.05) is 4.72 Å². The second kappa shape index (κ2) is 8.22. The standard InChI is InChI=1S/C19H23N3O3S2/c1-13-5-3-6-14(2)18(13)20-21-19(23)15-8-10-16(11-9-15)22-27(24,25)17-7-4-12-26-17/h4,7-14,22H,3,5-6H2,1-2H3,(H,21,23)/t13-,14+. The van der Waals surface area contributed by atoms with Crippen molar-refractivity contribution in [2.45, 2.75) is 37.3 Å². The van der Waals surface area contributed by atoms with Gasteiger partial charge in [0.05, 0.1) is 0 Å². The lowest BCUT2D eigenvalue weighted by atomic mass is 9.81. The van der Waals surface area contributed by atoms with Crippen LogP contribution >= 0.6 is 11.3 Å². The number of amides is 1. The van der Waals surface area contributed by atoms with Crippen LogP contribution in [-0.4, -0.2) is 20.0 Å². The number of sulfonamides is 1. The van der Waals surface area contributed by atoms with Crippen molar-refractivity contribution in [3.8, 4) is 0 Å². The maximum absolute atomic E-state index is 12.3. The molecule has 0 aliphatic heterocycles. The van der Waals surface area contributed by atoms with Crippen LogP contribution in [0.2, 0.25) is 0 Å². The smallest absolute Gasteiger partial charge is 0.271 e. The van der Waals surface area contributed by atoms with Gasteiger partial charge in [0.25, 0.3) is 15.9 Å². The minimum atomic E-state index is -3.59. The summed E-state index contributed by atoms with van der Waals surface area (Å²) in [5, 5.41) is 6.05. The molecule has 2 aromatic rings. The van der Waals surface area contributed by atoms with Gasteiger partial charge in [0.2, 0.25) is 0 Å². The van der Waals surface area contributed by atoms with Crippen molar-refractivity contribution in [2.24, 2.45) is 16.9 Å². The van der Waals surface area contributed by atoms with Gasteiger partial charge >= 0.3 is 0 Å². The van der Waals surface area contributed by atoms with Gasteiger partial charge in [-0.25, -0.2) is 13.8 Å². The highest BCUT2D eigenvalue weighted by molar-refractivity contribution is 7.94. The van der Waals surface area contributed by atoms with Crippen LogP contribution in [0.25, 0.3) is 0 Å². The number of anilines is 1. The number of thiophene rings is 1. The number of carbonyl (C=O) groups excluding carboxylic acids is 1. The molecule has 8 heteroatoms. The van der Waals surface area contributed by atoms with Gasteiger partial charge < -0.3 is 0 Å². The Hall–Kier alpha value is -2.19. The van der Waals surface area contributed by atoms with Crippen molar-refractivity contribution in [3.63, 3.8) is 0 Å². The average molecular weight is 406 g/mol. The quantitative estimate of drug-likeness (QED) is 0.735. The zero-order valence-corrected chi connectivity index (χ0v) is 16.9. The first-order valence-corrected chi connectivity index (χ1v) is 11.3. The average Bonchev–Trinajstić information content (AvgIpc) is 3.17. The number of benzene rings is 1. The third-order valence-corrected chi connectivity index (χ3v) is 7.51. The third-order valence-electron chi connectivity index (χ3n) is 4.73. The van der Waals surface area contributed by atoms with Gasteiger partial charge in [0, 0.05) is 17.0 Å². The maximum atomic E-state index is 12.3. The van der Waals surface area contributed by atoms with E-state index in [9.17, 15) is 13.2 Å². The number of rotatable bonds is 5. The SMILES string of the molecule is C[C@@H]1CCC[C@H](C)C1=NNC(=O)c1ccc(NS(=O)(=O)c2cccs2)cc1. The molecule has 2 N–H and O–H groups in total. The van der Waals surface area contributed by atoms with Crippen molar-refractivity contribution in [1.29, 1.82) is 0 Å². The number of nitrogens with zero attached hydrogens (tertiary/aromatic N) is 1. The fraction of sp³-hybridized carbons (Fsp3) is 0.368. The van der Waals surface area contributed by atoms with Crippen LogP contribution in [0.1, 0.15) is 43.5 Å². The van der Waals surface area contributed by atoms with Crippen LogP contribution in [0.3, 0.4) is 0 Å². The summed E-state index contributed by atoms with van der Waals surface area (Å²) >= 11 is 1.15. The molecule has 144 valence electrons. The van der Waals surface area contributed by atoms with Gasteiger partial charge in [-0.2, -0.15) is 5.10 Å². The summed E-state index contributed by atoms with van der Waals surface area (Å²) in [6, 6.07) is 9.52. The van der Waals surface area contributed by atoms with E-state index in [0.717, 1.165) is 29.9 Å². The van der Waals surface area contributed by atoms with E-state index in [2.05, 4.69) is 29.1 Å². The predicted octanol–water partition coefficient (Wildman–Crippen LogP) is 4.09. The number of nitrogens with one attached hydrogen (secondary N) is 2. The third kappa shape index (κ3) is 4.75. The van der Waals surface area contributed by atoms with Gasteiger partial charge in [-0.05, 0) is 60.4 Å². The molecule has 1 aromatic heterocycles. The Labute approximate surface area is 163 Å². The fourth-order valence-electron chi connectivity index (χ4n) is 3.22. The van der Waals surface area contributed by atoms with E-state index < -0.39 is 10.0 Å². The summed E-state index contributed by atoms with van der Waals surface area (Å²) in [4.78, 5) is 12.3. The first-order chi connectivity index (χ1) is 12.9. The Morgan fingerprint density at radius 2 is 1.78 bits per heavy atom. The zero-order chi connectivity index (χ0) is 19.4. The zero-order valence-electron chi connectivity index (χ0n) is 15.3. The van der Waals surface area contributed by atoms with Crippen molar-refractivity contribution in [1.82, 2.24) is 5.43 Å². The second-order valence-electron chi connectivity index (χ2n) is 6.83. The van der Waals surface area contributed by atoms with Crippen LogP contribution in [0.5, 0.6) is 0 Å². The Bertz CT molecular complexity index is 908. The highest BCUT2D eigenvalue weighted by Crippen LogP contribution is 2.26. The highest BCUT2D eigenvalue weighted by atomic mass is 32.2. The molecule has 6 nitrogen and oxygen atoms in total. The molecule has 1 saturated carbocycles. The molecule has 3 rings (SSSR count). The summed E-state index contributed by atoms with van der Waals surface area (Å²) < 4.78 is 27.2. The molecule has 1 aliphatic carbocycles. The molecule has 0 spiro atoms. The molecular weight excluding hydrogens is 382 g/mol. The van der Waals surface area contributed by atoms with E-state index in [0.29, 0.717) is 23.1 Å². The Kier molecular flexibility index (Phi) is 5.96. The number of hydrogen-bond donors (Lipinski definition) is 2. The van der Waals surface area contributed by atoms with E-state index in [1.807, 2.05) is 0 Å². The van der Waals surface area contributed by atoms with Gasteiger partial charge in [-0.15, -0.1) is 11.3 Å². The van der Waals surface area contributed by atoms with Crippen molar-refractivity contribution >= 4 is 38.7 Å². The van der Waals surface area contributed by atoms with Gasteiger partial charge in [0.15, 0.2) is 0 Å². The summed E-state index contributed by atoms with van der Waals surface area (Å²) in [5.74, 6) is 0.450. The first-order valence-electron chi connectivity index (χ1n) is 8.91. The highest BCUT2D eigenvalue weighted by Gasteiger charge is 2.23. The molecule has 1 aromatic carbocycles. The summed E-state index contributed by atoms with van der Waals surface area (Å²) in [5.41, 5.74) is 4.50. The van der Waals surface area contributed by atoms with E-state index in [1.54, 1.807) is 41.8 Å². The Morgan fingerprint density at radius 1 is 1.11 bits per heavy atom. The Balaban J connectivity index is 1.65. The van der Waals surface area contributed by atoms with E-state index in [1.165, 1.54) is 6.42 Å². The lowest BCUT2D eigenvalue weighted by Gasteiger charge is -2.26. The molecule has 1 amide bonds. The lowest BCUT2D eigenvalue weighted by molar-refractivity contribution is 0.0954. The van der Waals surface area contributed by atoms with Gasteiger partial charge in [0.1, 0.15) is 4.21 Å². The van der Waals surface area contributed by atoms with Crippen LogP contribution in [-0.2, 0) is 10.0 Å². The molecule has 1 fully saturated rings. The predicted molar refractivity (Wildman–Crippen MR) is 109 cm³/mol. The molecule has 0 radical (unpaired) electrons. The summed E-state index contributed by atoms with van der Waals surface area (Å²) in [7, 11) is -3.59. The molecule has 0 saturated heterocycles. The summed E-state index contributed by atoms with van der Waals surface area (Å²) in [6.07, 6.45) is 3.38. The molecule has 2 atom stereocenters. The molecule has 0 bridgehead atoms. The monoisotopic (exact) mass is 405 g/mol. The largest absolute Gasteiger partial charge is 0.279 e. The first kappa shape index (κ1) is 19.6. The topological polar surface area (TPSA) is 87.6 Å². The van der Waals surface area contributed by atoms with Crippen LogP contribution < -0.4 is 10.1 Å². The van der Waals surface area contributed by atoms with E-state index in [-0.39, 0.29) is 10.1 Å². The van der Waals surface area contributed by atoms with Crippen molar-refractivity contribution < 1.29 is 13.2 Å². The molecular formula is C19H23N3O3S2. The fourth-order valence-corrected chi connectivity index (χ4v) is 5.27. The van der Waals surface area contributed by atoms with Crippen LogP contribution in [0.15, 0.2) is 51.1 Å². The molecule has 0 unspecified atom stereocenters. The van der Waals surface area contributed by atoms with Crippen LogP contribution in [0, 0.1) is 11.8 Å². The minimum Gasteiger partial charge on any atom is -0.279 e. The normalized spacial score (nSPS) is 21.8. The Morgan fingerprint density at radius 3 is 2.37 bits per heavy atom. The van der Waals surface area contributed by atoms with Crippen molar-refractivity contribution in [3.05, 3.63) is 47.3 Å². The van der Waals surface area contributed by atoms with Gasteiger partial charge in [-0.3, -0.25) is 9.52 Å². The second-order valence-corrected chi connectivity index (χ2v) is 9.68. The number of hydrogen-bond acceptors (Lipinski definition) is 5. The van der Waals surface area contributed by atoms with Gasteiger partial charge in [-0.1, -0.05) is 26.3 Å².